The topological polar surface area (TPSA) is 292 Å². The lowest BCUT2D eigenvalue weighted by molar-refractivity contribution is -0.270. The highest BCUT2D eigenvalue weighted by Gasteiger charge is 2.46. The van der Waals surface area contributed by atoms with Crippen molar-refractivity contribution in [2.24, 2.45) is 11.3 Å². The van der Waals surface area contributed by atoms with E-state index in [1.165, 1.54) is 20.8 Å². The van der Waals surface area contributed by atoms with Crippen molar-refractivity contribution < 1.29 is 87.7 Å². The third-order valence-electron chi connectivity index (χ3n) is 12.2. The molecule has 3 amide bonds. The van der Waals surface area contributed by atoms with Crippen LogP contribution < -0.4 is 16.0 Å². The number of hydrogen-bond acceptors (Lipinski definition) is 18. The fourth-order valence-electron chi connectivity index (χ4n) is 8.42. The van der Waals surface area contributed by atoms with Gasteiger partial charge >= 0.3 is 0 Å². The van der Waals surface area contributed by atoms with Gasteiger partial charge in [-0.15, -0.1) is 0 Å². The van der Waals surface area contributed by atoms with E-state index in [9.17, 15) is 45.0 Å². The molecule has 0 aromatic rings. The van der Waals surface area contributed by atoms with Crippen LogP contribution in [0, 0.1) is 11.3 Å². The van der Waals surface area contributed by atoms with Crippen molar-refractivity contribution in [2.45, 2.75) is 192 Å². The predicted molar refractivity (Wildman–Crippen MR) is 241 cm³/mol. The second kappa shape index (κ2) is 31.9. The Bertz CT molecular complexity index is 1320. The van der Waals surface area contributed by atoms with Gasteiger partial charge in [0.2, 0.25) is 17.7 Å². The Morgan fingerprint density at radius 1 is 0.552 bits per heavy atom. The molecule has 0 bridgehead atoms. The molecule has 0 aliphatic carbocycles. The Labute approximate surface area is 396 Å². The Kier molecular flexibility index (Phi) is 28.2. The second-order valence-corrected chi connectivity index (χ2v) is 18.6. The highest BCUT2D eigenvalue weighted by molar-refractivity contribution is 5.74. The molecule has 392 valence electrons. The molecule has 15 atom stereocenters. The van der Waals surface area contributed by atoms with Crippen LogP contribution in [0.25, 0.3) is 0 Å². The highest BCUT2D eigenvalue weighted by atomic mass is 16.7. The number of ether oxygens (including phenoxy) is 9. The number of rotatable bonds is 33. The lowest BCUT2D eigenvalue weighted by Crippen LogP contribution is -2.64. The third kappa shape index (κ3) is 21.0. The molecule has 0 aromatic heterocycles. The van der Waals surface area contributed by atoms with Crippen molar-refractivity contribution >= 4 is 17.7 Å². The van der Waals surface area contributed by atoms with Crippen molar-refractivity contribution in [1.82, 2.24) is 16.0 Å². The van der Waals surface area contributed by atoms with Gasteiger partial charge in [0.1, 0.15) is 36.4 Å². The summed E-state index contributed by atoms with van der Waals surface area (Å²) < 4.78 is 53.7. The van der Waals surface area contributed by atoms with E-state index in [1.807, 2.05) is 13.8 Å². The maximum Gasteiger partial charge on any atom is 0.217 e. The SMILES string of the molecule is CCC1O[C@@H](OCCCCCOCC(C)(COCCCCCO[C@@H]2OC(CO)CC(O)[C@@H]2NC(C)=O)COCCCCCO[C@@H]2OC(CO)[C@H](O)C(O)[C@@H]2NC(C)=O)[C@@H](NC(C)=O)C(O)[C@H]1C. The minimum absolute atomic E-state index is 0.142. The zero-order valence-electron chi connectivity index (χ0n) is 40.7. The van der Waals surface area contributed by atoms with Crippen LogP contribution in [0.5, 0.6) is 0 Å². The van der Waals surface area contributed by atoms with Crippen LogP contribution in [0.15, 0.2) is 0 Å². The maximum absolute atomic E-state index is 11.8. The van der Waals surface area contributed by atoms with Gasteiger partial charge < -0.3 is 89.2 Å². The van der Waals surface area contributed by atoms with E-state index < -0.39 is 91.5 Å². The van der Waals surface area contributed by atoms with E-state index in [0.717, 1.165) is 51.4 Å². The van der Waals surface area contributed by atoms with Gasteiger partial charge in [0, 0.05) is 78.2 Å². The first kappa shape index (κ1) is 59.1. The summed E-state index contributed by atoms with van der Waals surface area (Å²) in [6.45, 7) is 12.9. The summed E-state index contributed by atoms with van der Waals surface area (Å²) in [6, 6.07) is -2.37. The van der Waals surface area contributed by atoms with Crippen molar-refractivity contribution in [2.75, 3.05) is 72.7 Å². The van der Waals surface area contributed by atoms with Crippen LogP contribution in [0.2, 0.25) is 0 Å². The van der Waals surface area contributed by atoms with Crippen molar-refractivity contribution in [3.63, 3.8) is 0 Å². The zero-order chi connectivity index (χ0) is 49.4. The summed E-state index contributed by atoms with van der Waals surface area (Å²) in [6.07, 6.45) is -1.22. The van der Waals surface area contributed by atoms with Crippen LogP contribution in [-0.2, 0) is 57.0 Å². The van der Waals surface area contributed by atoms with E-state index >= 15 is 0 Å². The van der Waals surface area contributed by atoms with Gasteiger partial charge in [0.25, 0.3) is 0 Å². The lowest BCUT2D eigenvalue weighted by Gasteiger charge is -2.43. The number of aliphatic hydroxyl groups is 6. The lowest BCUT2D eigenvalue weighted by atomic mass is 9.88. The van der Waals surface area contributed by atoms with Gasteiger partial charge in [0.05, 0.1) is 57.5 Å². The minimum atomic E-state index is -1.38. The molecule has 0 aromatic carbocycles. The number of aliphatic hydroxyl groups excluding tert-OH is 6. The molecular weight excluding hydrogens is 883 g/mol. The Morgan fingerprint density at radius 2 is 0.955 bits per heavy atom. The molecule has 3 fully saturated rings. The molecule has 3 rings (SSSR count). The van der Waals surface area contributed by atoms with Gasteiger partial charge in [0.15, 0.2) is 18.9 Å². The maximum atomic E-state index is 11.8. The Balaban J connectivity index is 1.41. The van der Waals surface area contributed by atoms with Gasteiger partial charge in [-0.05, 0) is 64.2 Å². The van der Waals surface area contributed by atoms with Crippen LogP contribution in [0.1, 0.15) is 112 Å². The van der Waals surface area contributed by atoms with E-state index in [4.69, 9.17) is 42.6 Å². The first-order valence-electron chi connectivity index (χ1n) is 24.3. The number of carbonyl (C=O) groups is 3. The molecule has 3 heterocycles. The van der Waals surface area contributed by atoms with E-state index in [1.54, 1.807) is 0 Å². The summed E-state index contributed by atoms with van der Waals surface area (Å²) in [5, 5.41) is 69.2. The van der Waals surface area contributed by atoms with Gasteiger partial charge in [-0.2, -0.15) is 0 Å². The standard InChI is InChI=1S/C46H85N3O18/c1-7-35-29(2)40(56)38(48-31(4)53)44(66-35)63-21-15-9-12-18-60-27-46(6,26-59-17-11-8-14-20-62-43-37(47-30(3)52)34(55)23-33(24-50)65-43)28-61-19-13-10-16-22-64-45-39(49-32(5)54)42(58)41(57)36(25-51)67-45/h29,33-45,50-51,55-58H,7-28H2,1-6H3,(H,47,52)(H,48,53)(H,49,54)/t29-,33?,34?,35?,36?,37-,38-,39-,40?,41-,42?,43+,44+,45+,46?/m0/s1. The van der Waals surface area contributed by atoms with E-state index in [0.29, 0.717) is 65.7 Å². The van der Waals surface area contributed by atoms with Crippen LogP contribution in [0.3, 0.4) is 0 Å². The smallest absolute Gasteiger partial charge is 0.217 e. The van der Waals surface area contributed by atoms with Crippen LogP contribution >= 0.6 is 0 Å². The molecule has 0 radical (unpaired) electrons. The molecule has 3 aliphatic rings. The fourth-order valence-corrected chi connectivity index (χ4v) is 8.42. The second-order valence-electron chi connectivity index (χ2n) is 18.6. The molecule has 21 nitrogen and oxygen atoms in total. The van der Waals surface area contributed by atoms with E-state index in [2.05, 4.69) is 22.9 Å². The Hall–Kier alpha value is -2.19. The molecule has 21 heteroatoms. The summed E-state index contributed by atoms with van der Waals surface area (Å²) >= 11 is 0. The Morgan fingerprint density at radius 3 is 1.37 bits per heavy atom. The van der Waals surface area contributed by atoms with Crippen LogP contribution in [-0.4, -0.2) is 201 Å². The highest BCUT2D eigenvalue weighted by Crippen LogP contribution is 2.29. The fraction of sp³-hybridized carbons (Fsp3) is 0.935. The molecule has 0 spiro atoms. The average Bonchev–Trinajstić information content (AvgIpc) is 3.28. The molecule has 3 saturated heterocycles. The van der Waals surface area contributed by atoms with Gasteiger partial charge in [-0.3, -0.25) is 14.4 Å². The summed E-state index contributed by atoms with van der Waals surface area (Å²) in [5.74, 6) is -1.13. The summed E-state index contributed by atoms with van der Waals surface area (Å²) in [7, 11) is 0. The average molecular weight is 968 g/mol. The van der Waals surface area contributed by atoms with Crippen molar-refractivity contribution in [1.29, 1.82) is 0 Å². The van der Waals surface area contributed by atoms with Crippen LogP contribution in [0.4, 0.5) is 0 Å². The van der Waals surface area contributed by atoms with Gasteiger partial charge in [-0.1, -0.05) is 20.8 Å². The van der Waals surface area contributed by atoms with Crippen molar-refractivity contribution in [3.05, 3.63) is 0 Å². The number of amides is 3. The first-order chi connectivity index (χ1) is 32.0. The number of unbranched alkanes of at least 4 members (excludes halogenated alkanes) is 6. The number of carbonyl (C=O) groups excluding carboxylic acids is 3. The normalized spacial score (nSPS) is 32.1. The molecule has 3 aliphatic heterocycles. The first-order valence-corrected chi connectivity index (χ1v) is 24.3. The zero-order valence-corrected chi connectivity index (χ0v) is 40.7. The number of nitrogens with one attached hydrogen (secondary N) is 3. The van der Waals surface area contributed by atoms with E-state index in [-0.39, 0.29) is 43.5 Å². The molecule has 67 heavy (non-hydrogen) atoms. The minimum Gasteiger partial charge on any atom is -0.394 e. The quantitative estimate of drug-likeness (QED) is 0.0396. The molecule has 9 N–H and O–H groups in total. The molecule has 7 unspecified atom stereocenters. The molecule has 0 saturated carbocycles. The monoisotopic (exact) mass is 968 g/mol. The third-order valence-corrected chi connectivity index (χ3v) is 12.2. The number of hydrogen-bond donors (Lipinski definition) is 9. The largest absolute Gasteiger partial charge is 0.394 e. The summed E-state index contributed by atoms with van der Waals surface area (Å²) in [5.41, 5.74) is -0.451. The predicted octanol–water partition coefficient (Wildman–Crippen LogP) is 0.156. The summed E-state index contributed by atoms with van der Waals surface area (Å²) in [4.78, 5) is 35.2. The van der Waals surface area contributed by atoms with Gasteiger partial charge in [-0.25, -0.2) is 0 Å². The van der Waals surface area contributed by atoms with Crippen molar-refractivity contribution in [3.8, 4) is 0 Å². The molecular formula is C46H85N3O18.